The lowest BCUT2D eigenvalue weighted by Gasteiger charge is -2.36. The molecule has 0 bridgehead atoms. The van der Waals surface area contributed by atoms with Gasteiger partial charge in [-0.05, 0) is 24.6 Å². The lowest BCUT2D eigenvalue weighted by molar-refractivity contribution is -0.127. The second-order valence-electron chi connectivity index (χ2n) is 5.14. The zero-order chi connectivity index (χ0) is 12.5. The fraction of sp³-hybridized carbons (Fsp3) is 0.429. The molecule has 0 atom stereocenters. The number of nitriles is 1. The van der Waals surface area contributed by atoms with Crippen molar-refractivity contribution in [2.24, 2.45) is 5.41 Å². The summed E-state index contributed by atoms with van der Waals surface area (Å²) in [7, 11) is 0. The Balaban J connectivity index is 2.20. The number of piperidine rings is 1. The van der Waals surface area contributed by atoms with Gasteiger partial charge < -0.3 is 4.90 Å². The molecular weight excluding hydrogens is 212 g/mol. The van der Waals surface area contributed by atoms with Gasteiger partial charge in [0.1, 0.15) is 0 Å². The molecule has 1 heterocycles. The van der Waals surface area contributed by atoms with Gasteiger partial charge >= 0.3 is 0 Å². The number of carbonyl (C=O) groups excluding carboxylic acids is 1. The van der Waals surface area contributed by atoms with E-state index in [1.807, 2.05) is 32.0 Å². The third kappa shape index (κ3) is 2.31. The fourth-order valence-corrected chi connectivity index (χ4v) is 2.01. The molecule has 0 aliphatic carbocycles. The number of hydrogen-bond acceptors (Lipinski definition) is 3. The Morgan fingerprint density at radius 1 is 1.41 bits per heavy atom. The quantitative estimate of drug-likeness (QED) is 0.741. The van der Waals surface area contributed by atoms with Crippen LogP contribution >= 0.6 is 0 Å². The van der Waals surface area contributed by atoms with Gasteiger partial charge in [-0.15, -0.1) is 0 Å². The molecule has 0 radical (unpaired) electrons. The largest absolute Gasteiger partial charge is 0.364 e. The molecular formula is C14H16N2O. The standard InChI is InChI=1S/C14H16N2O/c1-14(2)6-7-16(10-13(14)17)12-5-3-4-11(8-12)9-15/h3-5,8H,6-7,10H2,1-2H3. The van der Waals surface area contributed by atoms with Crippen LogP contribution in [-0.2, 0) is 4.79 Å². The van der Waals surface area contributed by atoms with E-state index >= 15 is 0 Å². The monoisotopic (exact) mass is 228 g/mol. The minimum atomic E-state index is -0.205. The number of ketones is 1. The third-order valence-electron chi connectivity index (χ3n) is 3.44. The molecule has 0 saturated carbocycles. The number of rotatable bonds is 1. The summed E-state index contributed by atoms with van der Waals surface area (Å²) in [6.07, 6.45) is 0.864. The number of carbonyl (C=O) groups is 1. The van der Waals surface area contributed by atoms with Crippen molar-refractivity contribution < 1.29 is 4.79 Å². The van der Waals surface area contributed by atoms with Crippen LogP contribution in [0.15, 0.2) is 24.3 Å². The predicted octanol–water partition coefficient (Wildman–Crippen LogP) is 2.36. The number of hydrogen-bond donors (Lipinski definition) is 0. The van der Waals surface area contributed by atoms with E-state index < -0.39 is 0 Å². The summed E-state index contributed by atoms with van der Waals surface area (Å²) in [5, 5.41) is 8.86. The highest BCUT2D eigenvalue weighted by Crippen LogP contribution is 2.29. The second-order valence-corrected chi connectivity index (χ2v) is 5.14. The Bertz CT molecular complexity index is 485. The van der Waals surface area contributed by atoms with Crippen molar-refractivity contribution in [2.75, 3.05) is 18.0 Å². The maximum Gasteiger partial charge on any atom is 0.157 e. The van der Waals surface area contributed by atoms with Crippen molar-refractivity contribution in [3.63, 3.8) is 0 Å². The molecule has 1 aliphatic heterocycles. The maximum absolute atomic E-state index is 11.9. The van der Waals surface area contributed by atoms with Gasteiger partial charge in [0.15, 0.2) is 5.78 Å². The maximum atomic E-state index is 11.9. The van der Waals surface area contributed by atoms with E-state index in [0.29, 0.717) is 12.1 Å². The van der Waals surface area contributed by atoms with Crippen LogP contribution in [0.1, 0.15) is 25.8 Å². The molecule has 1 aliphatic rings. The van der Waals surface area contributed by atoms with Crippen molar-refractivity contribution in [1.82, 2.24) is 0 Å². The number of nitrogens with zero attached hydrogens (tertiary/aromatic N) is 2. The van der Waals surface area contributed by atoms with Crippen LogP contribution < -0.4 is 4.90 Å². The third-order valence-corrected chi connectivity index (χ3v) is 3.44. The first-order chi connectivity index (χ1) is 8.03. The first-order valence-corrected chi connectivity index (χ1v) is 5.81. The average Bonchev–Trinajstić information content (AvgIpc) is 2.33. The SMILES string of the molecule is CC1(C)CCN(c2cccc(C#N)c2)CC1=O. The lowest BCUT2D eigenvalue weighted by Crippen LogP contribution is -2.45. The highest BCUT2D eigenvalue weighted by atomic mass is 16.1. The first kappa shape index (κ1) is 11.7. The lowest BCUT2D eigenvalue weighted by atomic mass is 9.81. The normalized spacial score (nSPS) is 18.9. The van der Waals surface area contributed by atoms with Gasteiger partial charge in [0.25, 0.3) is 0 Å². The van der Waals surface area contributed by atoms with E-state index in [-0.39, 0.29) is 11.2 Å². The average molecular weight is 228 g/mol. The molecule has 1 aromatic carbocycles. The fourth-order valence-electron chi connectivity index (χ4n) is 2.01. The van der Waals surface area contributed by atoms with Crippen molar-refractivity contribution in [3.8, 4) is 6.07 Å². The van der Waals surface area contributed by atoms with Crippen molar-refractivity contribution in [2.45, 2.75) is 20.3 Å². The van der Waals surface area contributed by atoms with Gasteiger partial charge in [0.2, 0.25) is 0 Å². The summed E-state index contributed by atoms with van der Waals surface area (Å²) in [4.78, 5) is 14.0. The van der Waals surface area contributed by atoms with Crippen LogP contribution in [-0.4, -0.2) is 18.9 Å². The summed E-state index contributed by atoms with van der Waals surface area (Å²) < 4.78 is 0. The van der Waals surface area contributed by atoms with E-state index in [0.717, 1.165) is 18.7 Å². The molecule has 3 nitrogen and oxygen atoms in total. The molecule has 88 valence electrons. The highest BCUT2D eigenvalue weighted by molar-refractivity contribution is 5.89. The van der Waals surface area contributed by atoms with E-state index in [1.54, 1.807) is 6.07 Å². The molecule has 0 aromatic heterocycles. The van der Waals surface area contributed by atoms with E-state index in [9.17, 15) is 4.79 Å². The van der Waals surface area contributed by atoms with Crippen LogP contribution in [0.3, 0.4) is 0 Å². The molecule has 2 rings (SSSR count). The van der Waals surface area contributed by atoms with E-state index in [2.05, 4.69) is 11.0 Å². The summed E-state index contributed by atoms with van der Waals surface area (Å²) in [6, 6.07) is 9.55. The molecule has 0 N–H and O–H groups in total. The zero-order valence-corrected chi connectivity index (χ0v) is 10.2. The van der Waals surface area contributed by atoms with Gasteiger partial charge in [0, 0.05) is 17.6 Å². The summed E-state index contributed by atoms with van der Waals surface area (Å²) in [5.41, 5.74) is 1.40. The molecule has 3 heteroatoms. The van der Waals surface area contributed by atoms with Gasteiger partial charge in [-0.2, -0.15) is 5.26 Å². The van der Waals surface area contributed by atoms with Gasteiger partial charge in [0.05, 0.1) is 18.2 Å². The van der Waals surface area contributed by atoms with Crippen LogP contribution in [0, 0.1) is 16.7 Å². The van der Waals surface area contributed by atoms with Crippen molar-refractivity contribution in [1.29, 1.82) is 5.26 Å². The van der Waals surface area contributed by atoms with Crippen molar-refractivity contribution in [3.05, 3.63) is 29.8 Å². The molecule has 17 heavy (non-hydrogen) atoms. The van der Waals surface area contributed by atoms with Gasteiger partial charge in [-0.1, -0.05) is 19.9 Å². The van der Waals surface area contributed by atoms with Crippen LogP contribution in [0.2, 0.25) is 0 Å². The minimum Gasteiger partial charge on any atom is -0.364 e. The van der Waals surface area contributed by atoms with E-state index in [1.165, 1.54) is 0 Å². The first-order valence-electron chi connectivity index (χ1n) is 5.81. The molecule has 0 amide bonds. The highest BCUT2D eigenvalue weighted by Gasteiger charge is 2.33. The Hall–Kier alpha value is -1.82. The summed E-state index contributed by atoms with van der Waals surface area (Å²) in [6.45, 7) is 5.31. The Labute approximate surface area is 102 Å². The van der Waals surface area contributed by atoms with Crippen LogP contribution in [0.25, 0.3) is 0 Å². The Kier molecular flexibility index (Phi) is 2.89. The van der Waals surface area contributed by atoms with Crippen molar-refractivity contribution >= 4 is 11.5 Å². The zero-order valence-electron chi connectivity index (χ0n) is 10.2. The minimum absolute atomic E-state index is 0.205. The summed E-state index contributed by atoms with van der Waals surface area (Å²) in [5.74, 6) is 0.270. The van der Waals surface area contributed by atoms with E-state index in [4.69, 9.17) is 5.26 Å². The van der Waals surface area contributed by atoms with Crippen LogP contribution in [0.5, 0.6) is 0 Å². The predicted molar refractivity (Wildman–Crippen MR) is 66.8 cm³/mol. The molecule has 0 spiro atoms. The number of Topliss-reactive ketones (excluding diaryl/α,β-unsaturated/α-hetero) is 1. The second kappa shape index (κ2) is 4.21. The Morgan fingerprint density at radius 3 is 2.82 bits per heavy atom. The summed E-state index contributed by atoms with van der Waals surface area (Å²) >= 11 is 0. The number of anilines is 1. The molecule has 1 saturated heterocycles. The Morgan fingerprint density at radius 2 is 2.18 bits per heavy atom. The molecule has 0 unspecified atom stereocenters. The molecule has 1 fully saturated rings. The van der Waals surface area contributed by atoms with Gasteiger partial charge in [-0.3, -0.25) is 4.79 Å². The topological polar surface area (TPSA) is 44.1 Å². The van der Waals surface area contributed by atoms with Gasteiger partial charge in [-0.25, -0.2) is 0 Å². The molecule has 1 aromatic rings. The number of benzene rings is 1. The smallest absolute Gasteiger partial charge is 0.157 e. The van der Waals surface area contributed by atoms with Crippen LogP contribution in [0.4, 0.5) is 5.69 Å².